The van der Waals surface area contributed by atoms with E-state index in [0.717, 1.165) is 11.1 Å². The van der Waals surface area contributed by atoms with Gasteiger partial charge in [0.25, 0.3) is 5.91 Å². The van der Waals surface area contributed by atoms with Crippen LogP contribution < -0.4 is 38.1 Å². The topological polar surface area (TPSA) is 238 Å². The molecule has 0 fully saturated rings. The second kappa shape index (κ2) is 19.7. The van der Waals surface area contributed by atoms with E-state index in [1.807, 2.05) is 26.0 Å². The zero-order chi connectivity index (χ0) is 36.0. The first-order valence-electron chi connectivity index (χ1n) is 15.8. The molecule has 0 unspecified atom stereocenters. The molecule has 5 amide bonds. The number of nitrogens with one attached hydrogen (secondary N) is 5. The van der Waals surface area contributed by atoms with Gasteiger partial charge in [0.05, 0.1) is 5.94 Å². The van der Waals surface area contributed by atoms with Gasteiger partial charge in [-0.1, -0.05) is 49.7 Å². The van der Waals surface area contributed by atoms with E-state index in [2.05, 4.69) is 26.6 Å². The Bertz CT molecular complexity index is 1380. The maximum Gasteiger partial charge on any atom is 0.475 e. The summed E-state index contributed by atoms with van der Waals surface area (Å²) in [7, 11) is -1.79. The van der Waals surface area contributed by atoms with E-state index >= 15 is 0 Å². The molecule has 11 N–H and O–H groups in total. The summed E-state index contributed by atoms with van der Waals surface area (Å²) in [4.78, 5) is 65.2. The standard InChI is InChI=1S/C32H47BClN7O7/c1-18(2)17-27(32(46)38-20(4)33(47)48)41-28(42)19(3)37-30(44)25(13-15-35)40-31(45)26(14-16-36)39-29(43)23-7-5-21(6-8-23)22-9-11-24(34)12-10-22/h5-12,18-20,25-27,47-48H,13-17,35-36H2,1-4H3,(H,37,44)(H,38,46)(H,39,43)(H,40,45)(H,41,42)/t19-,20-,25-,26-,27-/m0/s1. The Morgan fingerprint density at radius 3 is 1.62 bits per heavy atom. The fourth-order valence-electron chi connectivity index (χ4n) is 4.62. The molecule has 0 spiro atoms. The van der Waals surface area contributed by atoms with Crippen LogP contribution in [0.4, 0.5) is 0 Å². The molecule has 48 heavy (non-hydrogen) atoms. The van der Waals surface area contributed by atoms with E-state index < -0.39 is 66.8 Å². The number of halogens is 1. The quantitative estimate of drug-likeness (QED) is 0.0945. The number of rotatable bonds is 18. The summed E-state index contributed by atoms with van der Waals surface area (Å²) in [5.74, 6) is -4.14. The third kappa shape index (κ3) is 12.9. The maximum absolute atomic E-state index is 13.3. The first-order valence-corrected chi connectivity index (χ1v) is 16.2. The van der Waals surface area contributed by atoms with Crippen LogP contribution >= 0.6 is 11.6 Å². The Morgan fingerprint density at radius 2 is 1.12 bits per heavy atom. The Morgan fingerprint density at radius 1 is 0.667 bits per heavy atom. The molecular weight excluding hydrogens is 641 g/mol. The predicted octanol–water partition coefficient (Wildman–Crippen LogP) is -0.160. The van der Waals surface area contributed by atoms with Gasteiger partial charge >= 0.3 is 7.12 Å². The Labute approximate surface area is 286 Å². The minimum Gasteiger partial charge on any atom is -0.426 e. The van der Waals surface area contributed by atoms with Crippen molar-refractivity contribution in [2.24, 2.45) is 17.4 Å². The van der Waals surface area contributed by atoms with Crippen LogP contribution in [0, 0.1) is 5.92 Å². The number of benzene rings is 2. The summed E-state index contributed by atoms with van der Waals surface area (Å²) >= 11 is 5.96. The highest BCUT2D eigenvalue weighted by Crippen LogP contribution is 2.22. The number of nitrogens with two attached hydrogens (primary N) is 2. The second-order valence-corrected chi connectivity index (χ2v) is 12.4. The van der Waals surface area contributed by atoms with Gasteiger partial charge in [0.15, 0.2) is 0 Å². The largest absolute Gasteiger partial charge is 0.475 e. The van der Waals surface area contributed by atoms with E-state index in [0.29, 0.717) is 10.6 Å². The number of hydrogen-bond donors (Lipinski definition) is 9. The lowest BCUT2D eigenvalue weighted by Crippen LogP contribution is -2.58. The lowest BCUT2D eigenvalue weighted by atomic mass is 9.81. The third-order valence-electron chi connectivity index (χ3n) is 7.40. The molecule has 0 aliphatic rings. The van der Waals surface area contributed by atoms with Crippen molar-refractivity contribution in [3.63, 3.8) is 0 Å². The second-order valence-electron chi connectivity index (χ2n) is 12.0. The zero-order valence-electron chi connectivity index (χ0n) is 27.7. The van der Waals surface area contributed by atoms with Crippen LogP contribution in [-0.2, 0) is 19.2 Å². The van der Waals surface area contributed by atoms with E-state index in [4.69, 9.17) is 23.1 Å². The molecule has 2 aromatic carbocycles. The summed E-state index contributed by atoms with van der Waals surface area (Å²) in [6.07, 6.45) is 0.363. The molecule has 16 heteroatoms. The van der Waals surface area contributed by atoms with Crippen LogP contribution in [0.3, 0.4) is 0 Å². The van der Waals surface area contributed by atoms with Crippen molar-refractivity contribution in [2.75, 3.05) is 13.1 Å². The lowest BCUT2D eigenvalue weighted by Gasteiger charge is -2.26. The van der Waals surface area contributed by atoms with E-state index in [1.165, 1.54) is 13.8 Å². The summed E-state index contributed by atoms with van der Waals surface area (Å²) in [5.41, 5.74) is 13.5. The van der Waals surface area contributed by atoms with Crippen LogP contribution in [-0.4, -0.2) is 89.9 Å². The van der Waals surface area contributed by atoms with E-state index in [1.54, 1.807) is 36.4 Å². The van der Waals surface area contributed by atoms with Crippen LogP contribution in [0.15, 0.2) is 48.5 Å². The first-order chi connectivity index (χ1) is 22.7. The van der Waals surface area contributed by atoms with Gasteiger partial charge in [0.1, 0.15) is 24.2 Å². The Hall–Kier alpha value is -4.02. The number of hydrogen-bond acceptors (Lipinski definition) is 9. The molecule has 0 aliphatic heterocycles. The first kappa shape index (κ1) is 40.2. The highest BCUT2D eigenvalue weighted by molar-refractivity contribution is 6.43. The van der Waals surface area contributed by atoms with Gasteiger partial charge in [-0.3, -0.25) is 24.0 Å². The molecule has 0 saturated carbocycles. The van der Waals surface area contributed by atoms with Crippen molar-refractivity contribution in [3.8, 4) is 11.1 Å². The molecule has 0 radical (unpaired) electrons. The molecule has 2 rings (SSSR count). The number of amides is 5. The average molecular weight is 688 g/mol. The van der Waals surface area contributed by atoms with Crippen LogP contribution in [0.1, 0.15) is 57.3 Å². The summed E-state index contributed by atoms with van der Waals surface area (Å²) in [6, 6.07) is 9.70. The van der Waals surface area contributed by atoms with Gasteiger partial charge < -0.3 is 48.1 Å². The van der Waals surface area contributed by atoms with Crippen LogP contribution in [0.2, 0.25) is 5.02 Å². The highest BCUT2D eigenvalue weighted by atomic mass is 35.5. The summed E-state index contributed by atoms with van der Waals surface area (Å²) < 4.78 is 0. The van der Waals surface area contributed by atoms with Crippen LogP contribution in [0.25, 0.3) is 11.1 Å². The normalized spacial score (nSPS) is 14.1. The minimum absolute atomic E-state index is 0.000123. The summed E-state index contributed by atoms with van der Waals surface area (Å²) in [5, 5.41) is 32.1. The fraction of sp³-hybridized carbons (Fsp3) is 0.469. The van der Waals surface area contributed by atoms with Gasteiger partial charge in [-0.2, -0.15) is 0 Å². The molecule has 5 atom stereocenters. The molecule has 0 heterocycles. The molecular formula is C32H47BClN7O7. The van der Waals surface area contributed by atoms with E-state index in [-0.39, 0.29) is 38.3 Å². The smallest absolute Gasteiger partial charge is 0.426 e. The molecule has 0 saturated heterocycles. The highest BCUT2D eigenvalue weighted by Gasteiger charge is 2.31. The lowest BCUT2D eigenvalue weighted by molar-refractivity contribution is -0.134. The van der Waals surface area contributed by atoms with Crippen molar-refractivity contribution >= 4 is 48.3 Å². The van der Waals surface area contributed by atoms with Crippen molar-refractivity contribution < 1.29 is 34.0 Å². The van der Waals surface area contributed by atoms with Crippen LogP contribution in [0.5, 0.6) is 0 Å². The average Bonchev–Trinajstić information content (AvgIpc) is 3.03. The molecule has 262 valence electrons. The predicted molar refractivity (Wildman–Crippen MR) is 184 cm³/mol. The monoisotopic (exact) mass is 687 g/mol. The van der Waals surface area contributed by atoms with Crippen molar-refractivity contribution in [2.45, 2.75) is 77.1 Å². The Balaban J connectivity index is 2.06. The van der Waals surface area contributed by atoms with Gasteiger partial charge in [0.2, 0.25) is 23.6 Å². The minimum atomic E-state index is -1.79. The third-order valence-corrected chi connectivity index (χ3v) is 7.65. The van der Waals surface area contributed by atoms with Gasteiger partial charge in [-0.25, -0.2) is 0 Å². The van der Waals surface area contributed by atoms with Crippen molar-refractivity contribution in [1.29, 1.82) is 0 Å². The number of carbonyl (C=O) groups excluding carboxylic acids is 5. The molecule has 2 aromatic rings. The fourth-order valence-corrected chi connectivity index (χ4v) is 4.75. The van der Waals surface area contributed by atoms with Gasteiger partial charge in [0, 0.05) is 10.6 Å². The molecule has 0 aliphatic carbocycles. The molecule has 14 nitrogen and oxygen atoms in total. The SMILES string of the molecule is CC(C)C[C@H](NC(=O)[C@H](C)NC(=O)[C@H](CCN)NC(=O)[C@H](CCN)NC(=O)c1ccc(-c2ccc(Cl)cc2)cc1)C(=O)N[C@@H](C)B(O)O. The van der Waals surface area contributed by atoms with Gasteiger partial charge in [-0.15, -0.1) is 0 Å². The van der Waals surface area contributed by atoms with Crippen molar-refractivity contribution in [3.05, 3.63) is 59.1 Å². The zero-order valence-corrected chi connectivity index (χ0v) is 28.4. The van der Waals surface area contributed by atoms with E-state index in [9.17, 15) is 34.0 Å². The van der Waals surface area contributed by atoms with Gasteiger partial charge in [-0.05, 0) is 87.5 Å². The number of carbonyl (C=O) groups is 5. The van der Waals surface area contributed by atoms with Crippen molar-refractivity contribution in [1.82, 2.24) is 26.6 Å². The molecule has 0 bridgehead atoms. The molecule has 0 aromatic heterocycles. The summed E-state index contributed by atoms with van der Waals surface area (Å²) in [6.45, 7) is 6.60. The Kier molecular flexibility index (Phi) is 16.5. The maximum atomic E-state index is 13.3.